The number of aromatic nitrogens is 3. The van der Waals surface area contributed by atoms with Crippen molar-refractivity contribution < 1.29 is 9.32 Å². The summed E-state index contributed by atoms with van der Waals surface area (Å²) in [5, 5.41) is 8.89. The Labute approximate surface area is 142 Å². The Bertz CT molecular complexity index is 812. The molecule has 4 rings (SSSR count). The molecule has 1 N–H and O–H groups in total. The highest BCUT2D eigenvalue weighted by atomic mass is 32.1. The topological polar surface area (TPSA) is 84.2 Å². The lowest BCUT2D eigenvalue weighted by Gasteiger charge is -2.36. The van der Waals surface area contributed by atoms with Crippen LogP contribution in [0.25, 0.3) is 11.4 Å². The summed E-state index contributed by atoms with van der Waals surface area (Å²) in [6.07, 6.45) is 3.39. The minimum atomic E-state index is -0.0633. The number of likely N-dealkylation sites (tertiary alicyclic amines) is 1. The Morgan fingerprint density at radius 3 is 3.04 bits per heavy atom. The van der Waals surface area contributed by atoms with Gasteiger partial charge in [-0.1, -0.05) is 11.2 Å². The fraction of sp³-hybridized carbons (Fsp3) is 0.250. The van der Waals surface area contributed by atoms with Crippen molar-refractivity contribution in [2.45, 2.75) is 12.5 Å². The highest BCUT2D eigenvalue weighted by Gasteiger charge is 2.35. The number of pyridine rings is 1. The molecule has 1 aliphatic rings. The maximum atomic E-state index is 12.1. The first kappa shape index (κ1) is 14.8. The van der Waals surface area contributed by atoms with Crippen LogP contribution in [0.5, 0.6) is 0 Å². The molecule has 122 valence electrons. The molecule has 3 aromatic rings. The third kappa shape index (κ3) is 3.00. The number of thiophene rings is 1. The summed E-state index contributed by atoms with van der Waals surface area (Å²) in [4.78, 5) is 23.4. The number of hydrogen-bond acceptors (Lipinski definition) is 6. The molecule has 3 aromatic heterocycles. The van der Waals surface area contributed by atoms with E-state index in [0.717, 1.165) is 10.4 Å². The number of nitrogens with one attached hydrogen (secondary N) is 1. The van der Waals surface area contributed by atoms with Gasteiger partial charge in [-0.15, -0.1) is 11.3 Å². The average Bonchev–Trinajstić information content (AvgIpc) is 3.24. The van der Waals surface area contributed by atoms with E-state index in [2.05, 4.69) is 20.4 Å². The van der Waals surface area contributed by atoms with Gasteiger partial charge in [0.1, 0.15) is 0 Å². The van der Waals surface area contributed by atoms with Crippen molar-refractivity contribution in [2.24, 2.45) is 0 Å². The molecule has 0 aromatic carbocycles. The molecule has 0 bridgehead atoms. The minimum absolute atomic E-state index is 0.0633. The fourth-order valence-corrected chi connectivity index (χ4v) is 3.15. The predicted octanol–water partition coefficient (Wildman–Crippen LogP) is 2.50. The zero-order chi connectivity index (χ0) is 16.4. The number of rotatable bonds is 4. The Morgan fingerprint density at radius 1 is 1.38 bits per heavy atom. The highest BCUT2D eigenvalue weighted by molar-refractivity contribution is 7.09. The quantitative estimate of drug-likeness (QED) is 0.788. The summed E-state index contributed by atoms with van der Waals surface area (Å²) in [6, 6.07) is 7.62. The molecule has 4 heterocycles. The maximum absolute atomic E-state index is 12.1. The third-order valence-corrected chi connectivity index (χ3v) is 4.75. The van der Waals surface area contributed by atoms with E-state index in [1.54, 1.807) is 28.6 Å². The molecule has 0 atom stereocenters. The number of urea groups is 1. The van der Waals surface area contributed by atoms with Crippen LogP contribution >= 0.6 is 11.3 Å². The van der Waals surface area contributed by atoms with Crippen LogP contribution in [0, 0.1) is 0 Å². The highest BCUT2D eigenvalue weighted by Crippen LogP contribution is 2.27. The first-order chi connectivity index (χ1) is 11.8. The zero-order valence-electron chi connectivity index (χ0n) is 12.8. The average molecular weight is 341 g/mol. The Kier molecular flexibility index (Phi) is 3.96. The first-order valence-electron chi connectivity index (χ1n) is 7.59. The van der Waals surface area contributed by atoms with Gasteiger partial charge in [-0.2, -0.15) is 4.98 Å². The molecule has 0 aliphatic carbocycles. The number of carbonyl (C=O) groups excluding carboxylic acids is 1. The minimum Gasteiger partial charge on any atom is -0.339 e. The van der Waals surface area contributed by atoms with E-state index in [1.807, 2.05) is 29.6 Å². The smallest absolute Gasteiger partial charge is 0.317 e. The zero-order valence-corrected chi connectivity index (χ0v) is 13.6. The third-order valence-electron chi connectivity index (χ3n) is 3.87. The summed E-state index contributed by atoms with van der Waals surface area (Å²) in [7, 11) is 0. The number of hydrogen-bond donors (Lipinski definition) is 1. The van der Waals surface area contributed by atoms with Gasteiger partial charge in [0.05, 0.1) is 12.5 Å². The standard InChI is InChI=1S/C16H15N5O2S/c22-16(18-8-13-4-2-6-24-13)21-9-12(10-21)15-19-14(20-23-15)11-3-1-5-17-7-11/h1-7,12H,8-10H2,(H,18,22). The van der Waals surface area contributed by atoms with Crippen LogP contribution in [0.2, 0.25) is 0 Å². The normalized spacial score (nSPS) is 14.4. The van der Waals surface area contributed by atoms with Gasteiger partial charge in [-0.3, -0.25) is 4.98 Å². The monoisotopic (exact) mass is 341 g/mol. The van der Waals surface area contributed by atoms with Crippen molar-refractivity contribution in [2.75, 3.05) is 13.1 Å². The van der Waals surface area contributed by atoms with Gasteiger partial charge in [0.25, 0.3) is 0 Å². The van der Waals surface area contributed by atoms with Crippen LogP contribution in [0.3, 0.4) is 0 Å². The van der Waals surface area contributed by atoms with E-state index in [0.29, 0.717) is 31.3 Å². The van der Waals surface area contributed by atoms with Gasteiger partial charge in [-0.05, 0) is 23.6 Å². The van der Waals surface area contributed by atoms with E-state index in [9.17, 15) is 4.79 Å². The second kappa shape index (κ2) is 6.40. The predicted molar refractivity (Wildman–Crippen MR) is 88.4 cm³/mol. The molecule has 24 heavy (non-hydrogen) atoms. The Balaban J connectivity index is 1.31. The summed E-state index contributed by atoms with van der Waals surface area (Å²) < 4.78 is 5.32. The van der Waals surface area contributed by atoms with Crippen LogP contribution in [-0.4, -0.2) is 39.1 Å². The van der Waals surface area contributed by atoms with Crippen LogP contribution < -0.4 is 5.32 Å². The largest absolute Gasteiger partial charge is 0.339 e. The van der Waals surface area contributed by atoms with Crippen molar-refractivity contribution in [3.8, 4) is 11.4 Å². The second-order valence-electron chi connectivity index (χ2n) is 5.54. The fourth-order valence-electron chi connectivity index (χ4n) is 2.50. The molecule has 7 nitrogen and oxygen atoms in total. The van der Waals surface area contributed by atoms with Crippen LogP contribution in [0.4, 0.5) is 4.79 Å². The molecule has 0 spiro atoms. The van der Waals surface area contributed by atoms with Gasteiger partial charge in [0, 0.05) is 35.9 Å². The van der Waals surface area contributed by atoms with Gasteiger partial charge in [0.2, 0.25) is 11.7 Å². The summed E-state index contributed by atoms with van der Waals surface area (Å²) >= 11 is 1.63. The SMILES string of the molecule is O=C(NCc1cccs1)N1CC(c2nc(-c3cccnc3)no2)C1. The number of nitrogens with zero attached hydrogens (tertiary/aromatic N) is 4. The molecule has 0 radical (unpaired) electrons. The molecule has 0 saturated carbocycles. The molecule has 1 aliphatic heterocycles. The second-order valence-corrected chi connectivity index (χ2v) is 6.57. The lowest BCUT2D eigenvalue weighted by atomic mass is 10.0. The van der Waals surface area contributed by atoms with Gasteiger partial charge in [0.15, 0.2) is 0 Å². The van der Waals surface area contributed by atoms with Crippen molar-refractivity contribution >= 4 is 17.4 Å². The number of carbonyl (C=O) groups is 1. The summed E-state index contributed by atoms with van der Waals surface area (Å²) in [5.41, 5.74) is 0.817. The van der Waals surface area contributed by atoms with Crippen LogP contribution in [-0.2, 0) is 6.54 Å². The molecule has 1 fully saturated rings. The maximum Gasteiger partial charge on any atom is 0.317 e. The van der Waals surface area contributed by atoms with Gasteiger partial charge in [-0.25, -0.2) is 4.79 Å². The van der Waals surface area contributed by atoms with E-state index in [-0.39, 0.29) is 11.9 Å². The first-order valence-corrected chi connectivity index (χ1v) is 8.47. The molecule has 0 unspecified atom stereocenters. The van der Waals surface area contributed by atoms with Gasteiger partial charge < -0.3 is 14.7 Å². The van der Waals surface area contributed by atoms with Crippen molar-refractivity contribution in [1.29, 1.82) is 0 Å². The van der Waals surface area contributed by atoms with Crippen LogP contribution in [0.15, 0.2) is 46.6 Å². The molecular formula is C16H15N5O2S. The Hall–Kier alpha value is -2.74. The van der Waals surface area contributed by atoms with Crippen molar-refractivity contribution in [3.05, 3.63) is 52.8 Å². The molecular weight excluding hydrogens is 326 g/mol. The summed E-state index contributed by atoms with van der Waals surface area (Å²) in [5.74, 6) is 1.19. The lowest BCUT2D eigenvalue weighted by Crippen LogP contribution is -2.52. The van der Waals surface area contributed by atoms with Crippen LogP contribution in [0.1, 0.15) is 16.7 Å². The van der Waals surface area contributed by atoms with Crippen molar-refractivity contribution in [1.82, 2.24) is 25.3 Å². The lowest BCUT2D eigenvalue weighted by molar-refractivity contribution is 0.136. The van der Waals surface area contributed by atoms with E-state index in [4.69, 9.17) is 4.52 Å². The molecule has 1 saturated heterocycles. The molecule has 2 amide bonds. The van der Waals surface area contributed by atoms with E-state index >= 15 is 0 Å². The Morgan fingerprint density at radius 2 is 2.29 bits per heavy atom. The van der Waals surface area contributed by atoms with E-state index < -0.39 is 0 Å². The summed E-state index contributed by atoms with van der Waals surface area (Å²) in [6.45, 7) is 1.74. The van der Waals surface area contributed by atoms with E-state index in [1.165, 1.54) is 0 Å². The van der Waals surface area contributed by atoms with Gasteiger partial charge >= 0.3 is 6.03 Å². The number of amides is 2. The van der Waals surface area contributed by atoms with Crippen molar-refractivity contribution in [3.63, 3.8) is 0 Å². The molecule has 8 heteroatoms.